The summed E-state index contributed by atoms with van der Waals surface area (Å²) in [6, 6.07) is 4.56. The maximum atomic E-state index is 5.59. The van der Waals surface area contributed by atoms with E-state index in [1.54, 1.807) is 5.38 Å². The van der Waals surface area contributed by atoms with Crippen LogP contribution in [0.5, 0.6) is 0 Å². The maximum absolute atomic E-state index is 5.59. The van der Waals surface area contributed by atoms with Crippen LogP contribution in [0.25, 0.3) is 0 Å². The summed E-state index contributed by atoms with van der Waals surface area (Å²) < 4.78 is 0. The van der Waals surface area contributed by atoms with E-state index in [-0.39, 0.29) is 0 Å². The molecular weight excluding hydrogens is 280 g/mol. The van der Waals surface area contributed by atoms with Crippen molar-refractivity contribution in [3.8, 4) is 0 Å². The van der Waals surface area contributed by atoms with Crippen molar-refractivity contribution in [3.63, 3.8) is 0 Å². The van der Waals surface area contributed by atoms with E-state index >= 15 is 0 Å². The molecule has 2 aromatic rings. The van der Waals surface area contributed by atoms with Crippen LogP contribution < -0.4 is 11.2 Å². The Bertz CT molecular complexity index is 606. The molecule has 0 radical (unpaired) electrons. The lowest BCUT2D eigenvalue weighted by molar-refractivity contribution is 1.04. The molecule has 2 rings (SSSR count). The van der Waals surface area contributed by atoms with Gasteiger partial charge in [-0.05, 0) is 36.0 Å². The summed E-state index contributed by atoms with van der Waals surface area (Å²) >= 11 is 1.45. The zero-order valence-corrected chi connectivity index (χ0v) is 13.6. The van der Waals surface area contributed by atoms with Gasteiger partial charge in [-0.3, -0.25) is 5.43 Å². The molecule has 1 aromatic heterocycles. The van der Waals surface area contributed by atoms with Crippen LogP contribution in [0.4, 0.5) is 10.9 Å². The molecular formula is C16H22N4S. The van der Waals surface area contributed by atoms with Gasteiger partial charge in [0, 0.05) is 10.9 Å². The first-order valence-corrected chi connectivity index (χ1v) is 8.20. The molecule has 0 saturated carbocycles. The molecule has 0 amide bonds. The van der Waals surface area contributed by atoms with E-state index < -0.39 is 0 Å². The van der Waals surface area contributed by atoms with Crippen LogP contribution in [-0.4, -0.2) is 11.2 Å². The number of nitrogens with one attached hydrogen (secondary N) is 1. The van der Waals surface area contributed by atoms with Crippen LogP contribution in [0.2, 0.25) is 0 Å². The van der Waals surface area contributed by atoms with Crippen molar-refractivity contribution in [1.29, 1.82) is 0 Å². The van der Waals surface area contributed by atoms with Gasteiger partial charge in [0.05, 0.1) is 6.21 Å². The number of nitrogens with zero attached hydrogens (tertiary/aromatic N) is 2. The molecule has 21 heavy (non-hydrogen) atoms. The van der Waals surface area contributed by atoms with Crippen LogP contribution >= 0.6 is 11.3 Å². The quantitative estimate of drug-likeness (QED) is 0.629. The minimum atomic E-state index is 0.522. The molecule has 0 saturated heterocycles. The zero-order chi connectivity index (χ0) is 15.2. The standard InChI is InChI=1S/C16H22N4S/c1-4-11-7-12(5-2)14(13(6-3)8-11)9-18-20-16-19-15(17)10-21-16/h7-10H,4-6,17H2,1-3H3,(H,19,20). The average molecular weight is 302 g/mol. The molecule has 0 fully saturated rings. The van der Waals surface area contributed by atoms with Crippen molar-refractivity contribution in [2.75, 3.05) is 11.2 Å². The van der Waals surface area contributed by atoms with Gasteiger partial charge in [0.2, 0.25) is 5.13 Å². The number of anilines is 2. The second-order valence-corrected chi connectivity index (χ2v) is 5.69. The molecule has 0 atom stereocenters. The normalized spacial score (nSPS) is 11.2. The van der Waals surface area contributed by atoms with Gasteiger partial charge >= 0.3 is 0 Å². The summed E-state index contributed by atoms with van der Waals surface area (Å²) in [5.74, 6) is 0.522. The molecule has 0 bridgehead atoms. The number of benzene rings is 1. The number of hydrogen-bond donors (Lipinski definition) is 2. The topological polar surface area (TPSA) is 63.3 Å². The van der Waals surface area contributed by atoms with Crippen molar-refractivity contribution < 1.29 is 0 Å². The van der Waals surface area contributed by atoms with Gasteiger partial charge in [0.15, 0.2) is 0 Å². The highest BCUT2D eigenvalue weighted by Crippen LogP contribution is 2.19. The van der Waals surface area contributed by atoms with Gasteiger partial charge in [0.1, 0.15) is 5.82 Å². The summed E-state index contributed by atoms with van der Waals surface area (Å²) in [6.07, 6.45) is 4.97. The van der Waals surface area contributed by atoms with Crippen molar-refractivity contribution in [1.82, 2.24) is 4.98 Å². The Morgan fingerprint density at radius 2 is 1.86 bits per heavy atom. The van der Waals surface area contributed by atoms with E-state index in [1.165, 1.54) is 33.6 Å². The first kappa shape index (κ1) is 15.5. The number of aromatic nitrogens is 1. The average Bonchev–Trinajstić information content (AvgIpc) is 2.92. The number of thiazole rings is 1. The third-order valence-electron chi connectivity index (χ3n) is 3.46. The Balaban J connectivity index is 2.25. The molecule has 1 aromatic carbocycles. The van der Waals surface area contributed by atoms with Gasteiger partial charge in [0.25, 0.3) is 0 Å². The van der Waals surface area contributed by atoms with Gasteiger partial charge in [-0.25, -0.2) is 4.98 Å². The van der Waals surface area contributed by atoms with Crippen molar-refractivity contribution in [3.05, 3.63) is 39.8 Å². The van der Waals surface area contributed by atoms with E-state index in [0.29, 0.717) is 10.9 Å². The molecule has 5 heteroatoms. The summed E-state index contributed by atoms with van der Waals surface area (Å²) in [7, 11) is 0. The highest BCUT2D eigenvalue weighted by molar-refractivity contribution is 7.14. The molecule has 3 N–H and O–H groups in total. The Kier molecular flexibility index (Phi) is 5.33. The number of aryl methyl sites for hydroxylation is 3. The highest BCUT2D eigenvalue weighted by atomic mass is 32.1. The first-order chi connectivity index (χ1) is 10.2. The van der Waals surface area contributed by atoms with E-state index in [2.05, 4.69) is 48.4 Å². The Hall–Kier alpha value is -1.88. The largest absolute Gasteiger partial charge is 0.383 e. The van der Waals surface area contributed by atoms with Crippen LogP contribution in [0.1, 0.15) is 43.0 Å². The van der Waals surface area contributed by atoms with Crippen LogP contribution in [0.3, 0.4) is 0 Å². The maximum Gasteiger partial charge on any atom is 0.205 e. The molecule has 0 spiro atoms. The van der Waals surface area contributed by atoms with E-state index in [9.17, 15) is 0 Å². The molecule has 0 aliphatic heterocycles. The van der Waals surface area contributed by atoms with Crippen molar-refractivity contribution in [2.45, 2.75) is 40.0 Å². The van der Waals surface area contributed by atoms with Crippen molar-refractivity contribution >= 4 is 28.5 Å². The predicted octanol–water partition coefficient (Wildman–Crippen LogP) is 3.86. The fourth-order valence-electron chi connectivity index (χ4n) is 2.30. The second-order valence-electron chi connectivity index (χ2n) is 4.84. The third kappa shape index (κ3) is 3.82. The zero-order valence-electron chi connectivity index (χ0n) is 12.8. The third-order valence-corrected chi connectivity index (χ3v) is 4.22. The smallest absolute Gasteiger partial charge is 0.205 e. The van der Waals surface area contributed by atoms with Crippen LogP contribution in [0.15, 0.2) is 22.6 Å². The lowest BCUT2D eigenvalue weighted by Gasteiger charge is -2.12. The lowest BCUT2D eigenvalue weighted by Crippen LogP contribution is -2.02. The van der Waals surface area contributed by atoms with Gasteiger partial charge in [-0.15, -0.1) is 11.3 Å². The van der Waals surface area contributed by atoms with Crippen LogP contribution in [0, 0.1) is 0 Å². The minimum absolute atomic E-state index is 0.522. The summed E-state index contributed by atoms with van der Waals surface area (Å²) in [5, 5.41) is 6.82. The second kappa shape index (κ2) is 7.22. The molecule has 4 nitrogen and oxygen atoms in total. The minimum Gasteiger partial charge on any atom is -0.383 e. The molecule has 1 heterocycles. The van der Waals surface area contributed by atoms with Gasteiger partial charge < -0.3 is 5.73 Å². The summed E-state index contributed by atoms with van der Waals surface area (Å²) in [6.45, 7) is 6.55. The number of hydrazone groups is 1. The Morgan fingerprint density at radius 1 is 1.19 bits per heavy atom. The van der Waals surface area contributed by atoms with Crippen LogP contribution in [-0.2, 0) is 19.3 Å². The Labute approximate surface area is 130 Å². The molecule has 0 aliphatic carbocycles. The van der Waals surface area contributed by atoms with Crippen molar-refractivity contribution in [2.24, 2.45) is 5.10 Å². The fourth-order valence-corrected chi connectivity index (χ4v) is 2.84. The van der Waals surface area contributed by atoms with E-state index in [1.807, 2.05) is 6.21 Å². The molecule has 112 valence electrons. The number of nitrogens with two attached hydrogens (primary N) is 1. The van der Waals surface area contributed by atoms with Gasteiger partial charge in [-0.2, -0.15) is 5.10 Å². The predicted molar refractivity (Wildman–Crippen MR) is 92.3 cm³/mol. The first-order valence-electron chi connectivity index (χ1n) is 7.32. The monoisotopic (exact) mass is 302 g/mol. The lowest BCUT2D eigenvalue weighted by atomic mass is 9.94. The number of hydrogen-bond acceptors (Lipinski definition) is 5. The highest BCUT2D eigenvalue weighted by Gasteiger charge is 2.07. The fraction of sp³-hybridized carbons (Fsp3) is 0.375. The number of nitrogen functional groups attached to an aromatic ring is 1. The van der Waals surface area contributed by atoms with E-state index in [4.69, 9.17) is 5.73 Å². The molecule has 0 unspecified atom stereocenters. The Morgan fingerprint density at radius 3 is 2.33 bits per heavy atom. The molecule has 0 aliphatic rings. The summed E-state index contributed by atoms with van der Waals surface area (Å²) in [4.78, 5) is 4.13. The number of rotatable bonds is 6. The van der Waals surface area contributed by atoms with E-state index in [0.717, 1.165) is 19.3 Å². The summed E-state index contributed by atoms with van der Waals surface area (Å²) in [5.41, 5.74) is 13.8. The SMILES string of the molecule is CCc1cc(CC)c(C=NNc2nc(N)cs2)c(CC)c1. The van der Waals surface area contributed by atoms with Gasteiger partial charge in [-0.1, -0.05) is 32.9 Å².